The molecule has 2 rings (SSSR count). The van der Waals surface area contributed by atoms with E-state index >= 15 is 0 Å². The monoisotopic (exact) mass is 259 g/mol. The summed E-state index contributed by atoms with van der Waals surface area (Å²) in [6, 6.07) is 4.01. The van der Waals surface area contributed by atoms with Crippen LogP contribution in [0.1, 0.15) is 18.4 Å². The molecule has 0 radical (unpaired) electrons. The van der Waals surface area contributed by atoms with Gasteiger partial charge in [0.2, 0.25) is 0 Å². The number of sulfonamides is 1. The van der Waals surface area contributed by atoms with Gasteiger partial charge in [0.25, 0.3) is 10.0 Å². The Morgan fingerprint density at radius 3 is 2.76 bits per heavy atom. The van der Waals surface area contributed by atoms with Crippen LogP contribution in [0.3, 0.4) is 0 Å². The molecule has 1 aromatic carbocycles. The topological polar surface area (TPSA) is 46.6 Å². The summed E-state index contributed by atoms with van der Waals surface area (Å²) in [5, 5.41) is 0. The molecule has 0 unspecified atom stereocenters. The largest absolute Gasteiger partial charge is 0.284 e. The zero-order valence-corrected chi connectivity index (χ0v) is 10.3. The quantitative estimate of drug-likeness (QED) is 0.814. The fraction of sp³-hybridized carbons (Fsp3) is 0.455. The van der Waals surface area contributed by atoms with Gasteiger partial charge in [-0.2, -0.15) is 0 Å². The molecule has 1 heterocycles. The van der Waals surface area contributed by atoms with Crippen LogP contribution in [-0.4, -0.2) is 26.0 Å². The molecule has 1 aliphatic rings. The lowest BCUT2D eigenvalue weighted by atomic mass is 10.2. The summed E-state index contributed by atoms with van der Waals surface area (Å²) >= 11 is 0. The Morgan fingerprint density at radius 2 is 2.12 bits per heavy atom. The summed E-state index contributed by atoms with van der Waals surface area (Å²) in [6.07, 6.45) is 1.55. The highest BCUT2D eigenvalue weighted by atomic mass is 32.2. The summed E-state index contributed by atoms with van der Waals surface area (Å²) in [7, 11) is -3.88. The lowest BCUT2D eigenvalue weighted by Crippen LogP contribution is -2.36. The van der Waals surface area contributed by atoms with Crippen molar-refractivity contribution in [3.05, 3.63) is 29.6 Å². The molecule has 17 heavy (non-hydrogen) atoms. The van der Waals surface area contributed by atoms with E-state index in [-0.39, 0.29) is 11.4 Å². The number of hydrogen-bond donors (Lipinski definition) is 0. The molecule has 4 nitrogen and oxygen atoms in total. The van der Waals surface area contributed by atoms with E-state index in [4.69, 9.17) is 4.84 Å². The van der Waals surface area contributed by atoms with Crippen LogP contribution in [0.15, 0.2) is 23.1 Å². The molecule has 0 N–H and O–H groups in total. The van der Waals surface area contributed by atoms with Crippen molar-refractivity contribution in [2.45, 2.75) is 24.7 Å². The first kappa shape index (κ1) is 12.5. The summed E-state index contributed by atoms with van der Waals surface area (Å²) in [4.78, 5) is 4.75. The average molecular weight is 259 g/mol. The van der Waals surface area contributed by atoms with E-state index < -0.39 is 15.8 Å². The molecule has 94 valence electrons. The molecule has 1 aliphatic heterocycles. The molecule has 1 aromatic rings. The fourth-order valence-corrected chi connectivity index (χ4v) is 3.13. The van der Waals surface area contributed by atoms with Crippen molar-refractivity contribution in [1.82, 2.24) is 4.47 Å². The molecule has 0 saturated carbocycles. The Morgan fingerprint density at radius 1 is 1.35 bits per heavy atom. The van der Waals surface area contributed by atoms with Gasteiger partial charge in [0.05, 0.1) is 6.61 Å². The van der Waals surface area contributed by atoms with Gasteiger partial charge in [-0.3, -0.25) is 4.84 Å². The van der Waals surface area contributed by atoms with Crippen LogP contribution in [0.25, 0.3) is 0 Å². The summed E-state index contributed by atoms with van der Waals surface area (Å²) in [6.45, 7) is 2.35. The van der Waals surface area contributed by atoms with E-state index in [0.29, 0.717) is 12.2 Å². The van der Waals surface area contributed by atoms with Crippen LogP contribution in [0.5, 0.6) is 0 Å². The number of benzene rings is 1. The SMILES string of the molecule is Cc1ccc(F)c(S(=O)(=O)N2CCCCO2)c1. The standard InChI is InChI=1S/C11H14FNO3S/c1-9-4-5-10(12)11(8-9)17(14,15)13-6-2-3-7-16-13/h4-5,8H,2-3,6-7H2,1H3. The molecular weight excluding hydrogens is 245 g/mol. The molecule has 0 aliphatic carbocycles. The molecule has 0 amide bonds. The number of nitrogens with zero attached hydrogens (tertiary/aromatic N) is 1. The average Bonchev–Trinajstić information content (AvgIpc) is 2.33. The first-order valence-electron chi connectivity index (χ1n) is 5.43. The first-order chi connectivity index (χ1) is 8.01. The van der Waals surface area contributed by atoms with Crippen molar-refractivity contribution in [2.24, 2.45) is 0 Å². The normalized spacial score (nSPS) is 18.2. The second kappa shape index (κ2) is 4.72. The van der Waals surface area contributed by atoms with Crippen molar-refractivity contribution in [3.63, 3.8) is 0 Å². The molecule has 0 spiro atoms. The van der Waals surface area contributed by atoms with Gasteiger partial charge in [0.1, 0.15) is 10.7 Å². The van der Waals surface area contributed by atoms with Crippen LogP contribution >= 0.6 is 0 Å². The predicted molar refractivity (Wildman–Crippen MR) is 60.2 cm³/mol. The van der Waals surface area contributed by atoms with Crippen LogP contribution in [0.4, 0.5) is 4.39 Å². The molecule has 0 bridgehead atoms. The van der Waals surface area contributed by atoms with Crippen LogP contribution in [0, 0.1) is 12.7 Å². The molecule has 0 atom stereocenters. The maximum absolute atomic E-state index is 13.6. The number of halogens is 1. The van der Waals surface area contributed by atoms with Gasteiger partial charge in [-0.05, 0) is 37.5 Å². The minimum atomic E-state index is -3.88. The van der Waals surface area contributed by atoms with E-state index in [1.54, 1.807) is 6.92 Å². The van der Waals surface area contributed by atoms with Gasteiger partial charge in [-0.25, -0.2) is 12.8 Å². The Kier molecular flexibility index (Phi) is 3.46. The predicted octanol–water partition coefficient (Wildman–Crippen LogP) is 1.85. The zero-order valence-electron chi connectivity index (χ0n) is 9.52. The second-order valence-electron chi connectivity index (χ2n) is 4.01. The van der Waals surface area contributed by atoms with E-state index in [2.05, 4.69) is 0 Å². The van der Waals surface area contributed by atoms with E-state index in [1.165, 1.54) is 12.1 Å². The molecule has 6 heteroatoms. The van der Waals surface area contributed by atoms with E-state index in [0.717, 1.165) is 23.4 Å². The third kappa shape index (κ3) is 2.48. The highest BCUT2D eigenvalue weighted by Crippen LogP contribution is 2.23. The van der Waals surface area contributed by atoms with Crippen molar-refractivity contribution >= 4 is 10.0 Å². The van der Waals surface area contributed by atoms with Gasteiger partial charge < -0.3 is 0 Å². The zero-order chi connectivity index (χ0) is 12.5. The molecule has 0 aromatic heterocycles. The third-order valence-electron chi connectivity index (χ3n) is 2.60. The third-order valence-corrected chi connectivity index (χ3v) is 4.30. The molecular formula is C11H14FNO3S. The van der Waals surface area contributed by atoms with Gasteiger partial charge in [0, 0.05) is 6.54 Å². The Labute approximate surface area is 100 Å². The lowest BCUT2D eigenvalue weighted by molar-refractivity contribution is -0.109. The second-order valence-corrected chi connectivity index (χ2v) is 5.80. The Balaban J connectivity index is 2.40. The highest BCUT2D eigenvalue weighted by Gasteiger charge is 2.29. The summed E-state index contributed by atoms with van der Waals surface area (Å²) in [5.41, 5.74) is 0.696. The Hall–Kier alpha value is -0.980. The van der Waals surface area contributed by atoms with Gasteiger partial charge in [-0.1, -0.05) is 10.5 Å². The Bertz CT molecular complexity index is 509. The molecule has 1 saturated heterocycles. The van der Waals surface area contributed by atoms with Crippen molar-refractivity contribution in [2.75, 3.05) is 13.2 Å². The van der Waals surface area contributed by atoms with Gasteiger partial charge in [-0.15, -0.1) is 0 Å². The maximum atomic E-state index is 13.6. The summed E-state index contributed by atoms with van der Waals surface area (Å²) < 4.78 is 38.7. The van der Waals surface area contributed by atoms with Crippen LogP contribution < -0.4 is 0 Å². The number of aryl methyl sites for hydroxylation is 1. The van der Waals surface area contributed by atoms with Gasteiger partial charge in [0.15, 0.2) is 0 Å². The lowest BCUT2D eigenvalue weighted by Gasteiger charge is -2.25. The number of hydroxylamine groups is 1. The van der Waals surface area contributed by atoms with E-state index in [1.807, 2.05) is 0 Å². The minimum absolute atomic E-state index is 0.274. The maximum Gasteiger partial charge on any atom is 0.267 e. The summed E-state index contributed by atoms with van der Waals surface area (Å²) in [5.74, 6) is -0.746. The minimum Gasteiger partial charge on any atom is -0.284 e. The highest BCUT2D eigenvalue weighted by molar-refractivity contribution is 7.89. The van der Waals surface area contributed by atoms with Gasteiger partial charge >= 0.3 is 0 Å². The van der Waals surface area contributed by atoms with Crippen molar-refractivity contribution < 1.29 is 17.6 Å². The van der Waals surface area contributed by atoms with Crippen molar-refractivity contribution in [3.8, 4) is 0 Å². The van der Waals surface area contributed by atoms with Crippen LogP contribution in [-0.2, 0) is 14.9 Å². The van der Waals surface area contributed by atoms with E-state index in [9.17, 15) is 12.8 Å². The molecule has 1 fully saturated rings. The first-order valence-corrected chi connectivity index (χ1v) is 6.87. The fourth-order valence-electron chi connectivity index (χ4n) is 1.68. The smallest absolute Gasteiger partial charge is 0.267 e. The number of rotatable bonds is 2. The van der Waals surface area contributed by atoms with Crippen LogP contribution in [0.2, 0.25) is 0 Å². The number of hydrogen-bond acceptors (Lipinski definition) is 3. The van der Waals surface area contributed by atoms with Crippen molar-refractivity contribution in [1.29, 1.82) is 0 Å².